The van der Waals surface area contributed by atoms with Gasteiger partial charge in [-0.15, -0.1) is 0 Å². The lowest BCUT2D eigenvalue weighted by Gasteiger charge is -2.21. The molecule has 0 aliphatic carbocycles. The number of carbonyl (C=O) groups excluding carboxylic acids is 4. The van der Waals surface area contributed by atoms with E-state index >= 15 is 0 Å². The first-order valence-electron chi connectivity index (χ1n) is 41.3. The summed E-state index contributed by atoms with van der Waals surface area (Å²) in [6.07, 6.45) is 65.0. The summed E-state index contributed by atoms with van der Waals surface area (Å²) in [4.78, 5) is 72.9. The summed E-state index contributed by atoms with van der Waals surface area (Å²) in [7, 11) is -9.93. The minimum absolute atomic E-state index is 0.102. The molecule has 0 saturated carbocycles. The lowest BCUT2D eigenvalue weighted by molar-refractivity contribution is -0.161. The monoisotopic (exact) mass is 1460 g/mol. The SMILES string of the molecule is CCCCCC/C=C\C=C/CCCCCCCC(=O)OC[C@H](COP(=O)(O)OC[C@@H](O)COP(=O)(O)OC[C@@H](COC(=O)CCCCCCCCC(C)C)OC(=O)CCCCCCCCCCCCCC(C)C)OC(=O)CCCCCCCCCCCCCCCCCCCCCCCC. The van der Waals surface area contributed by atoms with Crippen molar-refractivity contribution in [3.63, 3.8) is 0 Å². The number of aliphatic hydroxyl groups is 1. The quantitative estimate of drug-likeness (QED) is 0.0169. The van der Waals surface area contributed by atoms with Gasteiger partial charge in [0.2, 0.25) is 0 Å². The van der Waals surface area contributed by atoms with E-state index in [0.29, 0.717) is 31.6 Å². The van der Waals surface area contributed by atoms with Crippen LogP contribution in [-0.4, -0.2) is 96.7 Å². The first-order chi connectivity index (χ1) is 48.4. The van der Waals surface area contributed by atoms with E-state index in [4.69, 9.17) is 37.0 Å². The van der Waals surface area contributed by atoms with Gasteiger partial charge in [0, 0.05) is 25.7 Å². The smallest absolute Gasteiger partial charge is 0.462 e. The van der Waals surface area contributed by atoms with Gasteiger partial charge >= 0.3 is 39.5 Å². The van der Waals surface area contributed by atoms with Crippen molar-refractivity contribution in [1.82, 2.24) is 0 Å². The van der Waals surface area contributed by atoms with Gasteiger partial charge in [-0.2, -0.15) is 0 Å². The third-order valence-corrected chi connectivity index (χ3v) is 20.2. The summed E-state index contributed by atoms with van der Waals surface area (Å²) in [6, 6.07) is 0. The maximum Gasteiger partial charge on any atom is 0.472 e. The van der Waals surface area contributed by atoms with Crippen molar-refractivity contribution in [1.29, 1.82) is 0 Å². The van der Waals surface area contributed by atoms with E-state index in [1.807, 2.05) is 0 Å². The van der Waals surface area contributed by atoms with Crippen LogP contribution in [0, 0.1) is 11.8 Å². The second-order valence-corrected chi connectivity index (χ2v) is 32.3. The number of allylic oxidation sites excluding steroid dienone is 4. The van der Waals surface area contributed by atoms with Crippen LogP contribution in [-0.2, 0) is 65.4 Å². The Morgan fingerprint density at radius 2 is 0.540 bits per heavy atom. The maximum absolute atomic E-state index is 13.1. The van der Waals surface area contributed by atoms with E-state index in [0.717, 1.165) is 121 Å². The van der Waals surface area contributed by atoms with Crippen molar-refractivity contribution in [2.75, 3.05) is 39.6 Å². The molecule has 0 heterocycles. The average molecular weight is 1460 g/mol. The molecule has 0 radical (unpaired) electrons. The van der Waals surface area contributed by atoms with Crippen molar-refractivity contribution in [3.05, 3.63) is 24.3 Å². The number of phosphoric acid groups is 2. The number of aliphatic hydroxyl groups excluding tert-OH is 1. The molecule has 0 aromatic rings. The van der Waals surface area contributed by atoms with E-state index in [1.165, 1.54) is 193 Å². The summed E-state index contributed by atoms with van der Waals surface area (Å²) in [5.74, 6) is -0.702. The van der Waals surface area contributed by atoms with Crippen molar-refractivity contribution in [2.45, 2.75) is 419 Å². The Bertz CT molecular complexity index is 2020. The second kappa shape index (κ2) is 72.1. The van der Waals surface area contributed by atoms with Crippen LogP contribution in [0.5, 0.6) is 0 Å². The zero-order valence-corrected chi connectivity index (χ0v) is 66.8. The van der Waals surface area contributed by atoms with Gasteiger partial charge in [0.15, 0.2) is 12.2 Å². The summed E-state index contributed by atoms with van der Waals surface area (Å²) in [6.45, 7) is 9.47. The molecular weight excluding hydrogens is 1310 g/mol. The largest absolute Gasteiger partial charge is 0.472 e. The average Bonchev–Trinajstić information content (AvgIpc) is 0.925. The fourth-order valence-electron chi connectivity index (χ4n) is 12.0. The fraction of sp³-hybridized carbons (Fsp3) is 0.901. The minimum atomic E-state index is -4.97. The molecule has 590 valence electrons. The van der Waals surface area contributed by atoms with Gasteiger partial charge in [-0.3, -0.25) is 37.3 Å². The molecule has 3 N–H and O–H groups in total. The highest BCUT2D eigenvalue weighted by atomic mass is 31.2. The summed E-state index contributed by atoms with van der Waals surface area (Å²) in [5.41, 5.74) is 0. The van der Waals surface area contributed by atoms with Crippen LogP contribution in [0.3, 0.4) is 0 Å². The molecule has 0 fully saturated rings. The third kappa shape index (κ3) is 73.8. The summed E-state index contributed by atoms with van der Waals surface area (Å²) in [5, 5.41) is 10.6. The highest BCUT2D eigenvalue weighted by molar-refractivity contribution is 7.47. The van der Waals surface area contributed by atoms with Crippen molar-refractivity contribution >= 4 is 39.5 Å². The van der Waals surface area contributed by atoms with Gasteiger partial charge in [0.1, 0.15) is 19.3 Å². The Morgan fingerprint density at radius 3 is 0.820 bits per heavy atom. The van der Waals surface area contributed by atoms with E-state index in [2.05, 4.69) is 65.8 Å². The molecule has 0 aromatic heterocycles. The van der Waals surface area contributed by atoms with E-state index in [1.54, 1.807) is 0 Å². The minimum Gasteiger partial charge on any atom is -0.462 e. The molecule has 2 unspecified atom stereocenters. The third-order valence-electron chi connectivity index (χ3n) is 18.3. The predicted molar refractivity (Wildman–Crippen MR) is 409 cm³/mol. The van der Waals surface area contributed by atoms with Crippen LogP contribution in [0.4, 0.5) is 0 Å². The zero-order chi connectivity index (χ0) is 73.5. The lowest BCUT2D eigenvalue weighted by atomic mass is 10.0. The topological polar surface area (TPSA) is 237 Å². The summed E-state index contributed by atoms with van der Waals surface area (Å²) < 4.78 is 68.6. The highest BCUT2D eigenvalue weighted by Crippen LogP contribution is 2.45. The molecule has 19 heteroatoms. The molecular formula is C81H154O17P2. The molecule has 0 amide bonds. The van der Waals surface area contributed by atoms with Crippen molar-refractivity contribution in [2.24, 2.45) is 11.8 Å². The van der Waals surface area contributed by atoms with Gasteiger partial charge in [-0.25, -0.2) is 9.13 Å². The molecule has 17 nitrogen and oxygen atoms in total. The number of hydrogen-bond donors (Lipinski definition) is 3. The van der Waals surface area contributed by atoms with Crippen molar-refractivity contribution in [3.8, 4) is 0 Å². The molecule has 5 atom stereocenters. The van der Waals surface area contributed by atoms with Crippen LogP contribution in [0.2, 0.25) is 0 Å². The van der Waals surface area contributed by atoms with Crippen LogP contribution in [0.15, 0.2) is 24.3 Å². The Hall–Kier alpha value is -2.46. The number of ether oxygens (including phenoxy) is 4. The van der Waals surface area contributed by atoms with Gasteiger partial charge in [0.05, 0.1) is 26.4 Å². The van der Waals surface area contributed by atoms with Gasteiger partial charge in [-0.05, 0) is 63.2 Å². The molecule has 0 saturated heterocycles. The van der Waals surface area contributed by atoms with Gasteiger partial charge in [0.25, 0.3) is 0 Å². The number of hydrogen-bond acceptors (Lipinski definition) is 15. The van der Waals surface area contributed by atoms with Crippen LogP contribution < -0.4 is 0 Å². The number of phosphoric ester groups is 2. The molecule has 0 aliphatic rings. The fourth-order valence-corrected chi connectivity index (χ4v) is 13.6. The number of rotatable bonds is 78. The molecule has 0 spiro atoms. The highest BCUT2D eigenvalue weighted by Gasteiger charge is 2.30. The summed E-state index contributed by atoms with van der Waals surface area (Å²) >= 11 is 0. The predicted octanol–water partition coefficient (Wildman–Crippen LogP) is 23.8. The molecule has 0 bridgehead atoms. The van der Waals surface area contributed by atoms with E-state index in [-0.39, 0.29) is 25.7 Å². The number of esters is 4. The van der Waals surface area contributed by atoms with Gasteiger partial charge in [-0.1, -0.05) is 348 Å². The Balaban J connectivity index is 5.23. The Morgan fingerprint density at radius 1 is 0.310 bits per heavy atom. The second-order valence-electron chi connectivity index (χ2n) is 29.4. The number of carbonyl (C=O) groups is 4. The van der Waals surface area contributed by atoms with Crippen LogP contribution >= 0.6 is 15.6 Å². The zero-order valence-electron chi connectivity index (χ0n) is 65.0. The maximum atomic E-state index is 13.1. The first kappa shape index (κ1) is 97.5. The molecule has 100 heavy (non-hydrogen) atoms. The van der Waals surface area contributed by atoms with Gasteiger partial charge < -0.3 is 33.8 Å². The van der Waals surface area contributed by atoms with E-state index in [9.17, 15) is 43.2 Å². The molecule has 0 aromatic carbocycles. The van der Waals surface area contributed by atoms with Crippen molar-refractivity contribution < 1.29 is 80.2 Å². The normalized spacial score (nSPS) is 14.1. The van der Waals surface area contributed by atoms with E-state index < -0.39 is 97.5 Å². The standard InChI is InChI=1S/C81H154O17P2/c1-7-9-11-13-15-17-19-21-23-24-25-26-27-28-29-31-33-37-41-45-53-59-65-80(85)97-76(69-91-78(83)63-57-51-44-40-36-32-30-22-20-18-16-14-12-10-8-2)71-95-99(87,88)93-67-75(82)68-94-100(89,90)96-72-77(70-92-79(84)64-58-52-48-47-50-56-62-74(5)6)98-81(86)66-60-54-46-42-38-34-35-39-43-49-55-61-73(3)4/h18,20,22,30,73-77,82H,7-17,19,21,23-29,31-72H2,1-6H3,(H,87,88)(H,89,90)/b20-18-,30-22-/t75-,76-,77-/m1/s1. The van der Waals surface area contributed by atoms with Crippen LogP contribution in [0.25, 0.3) is 0 Å². The molecule has 0 aliphatic heterocycles. The first-order valence-corrected chi connectivity index (χ1v) is 44.3. The molecule has 0 rings (SSSR count). The Labute approximate surface area is 612 Å². The lowest BCUT2D eigenvalue weighted by Crippen LogP contribution is -2.30. The number of unbranched alkanes of at least 4 members (excludes halogenated alkanes) is 45. The van der Waals surface area contributed by atoms with Crippen LogP contribution in [0.1, 0.15) is 401 Å². The Kier molecular flexibility index (Phi) is 70.3.